The highest BCUT2D eigenvalue weighted by atomic mass is 127. The molecule has 33 heavy (non-hydrogen) atoms. The molecule has 2 saturated heterocycles. The van der Waals surface area contributed by atoms with Crippen LogP contribution in [0.15, 0.2) is 42.5 Å². The molecule has 2 aromatic rings. The lowest BCUT2D eigenvalue weighted by Crippen LogP contribution is -2.43. The van der Waals surface area contributed by atoms with Crippen LogP contribution in [0.2, 0.25) is 0 Å². The zero-order valence-corrected chi connectivity index (χ0v) is 20.1. The molecule has 0 aliphatic carbocycles. The van der Waals surface area contributed by atoms with Crippen molar-refractivity contribution in [2.45, 2.75) is 31.0 Å². The van der Waals surface area contributed by atoms with E-state index in [2.05, 4.69) is 33.2 Å². The standard InChI is InChI=1S/C24H24FIN4O3/c25-24(18-4-1-16(14-27)2-5-18)8-10-30(11-9-24)22(31)17-3-6-20(26)21(13-17)29-23(32)28-19-7-12-33-15-19/h1-6,13,19H,7-12,15H2,(H2,28,29,32)/t19-/m1/s1. The predicted octanol–water partition coefficient (Wildman–Crippen LogP) is 4.17. The van der Waals surface area contributed by atoms with Gasteiger partial charge in [-0.2, -0.15) is 5.26 Å². The third kappa shape index (κ3) is 5.45. The highest BCUT2D eigenvalue weighted by Crippen LogP contribution is 2.37. The van der Waals surface area contributed by atoms with Gasteiger partial charge in [-0.05, 0) is 64.9 Å². The van der Waals surface area contributed by atoms with Gasteiger partial charge in [-0.15, -0.1) is 0 Å². The zero-order chi connectivity index (χ0) is 23.4. The van der Waals surface area contributed by atoms with Gasteiger partial charge in [-0.1, -0.05) is 12.1 Å². The molecule has 172 valence electrons. The number of hydrogen-bond acceptors (Lipinski definition) is 4. The number of piperidine rings is 1. The number of carbonyl (C=O) groups is 2. The van der Waals surface area contributed by atoms with Crippen LogP contribution in [0.4, 0.5) is 14.9 Å². The average Bonchev–Trinajstić information content (AvgIpc) is 3.33. The summed E-state index contributed by atoms with van der Waals surface area (Å²) in [4.78, 5) is 27.0. The first-order valence-corrected chi connectivity index (χ1v) is 11.9. The normalized spacial score (nSPS) is 19.5. The van der Waals surface area contributed by atoms with Crippen LogP contribution in [0.3, 0.4) is 0 Å². The van der Waals surface area contributed by atoms with E-state index >= 15 is 4.39 Å². The number of ether oxygens (including phenoxy) is 1. The Balaban J connectivity index is 1.39. The number of nitrogens with zero attached hydrogens (tertiary/aromatic N) is 2. The molecule has 0 unspecified atom stereocenters. The Hall–Kier alpha value is -2.71. The summed E-state index contributed by atoms with van der Waals surface area (Å²) >= 11 is 2.11. The summed E-state index contributed by atoms with van der Waals surface area (Å²) in [5.74, 6) is -0.194. The van der Waals surface area contributed by atoms with Crippen LogP contribution in [-0.4, -0.2) is 49.2 Å². The van der Waals surface area contributed by atoms with E-state index in [4.69, 9.17) is 10.00 Å². The lowest BCUT2D eigenvalue weighted by Gasteiger charge is -2.36. The summed E-state index contributed by atoms with van der Waals surface area (Å²) in [6, 6.07) is 13.4. The molecule has 0 bridgehead atoms. The highest BCUT2D eigenvalue weighted by Gasteiger charge is 2.37. The molecule has 0 spiro atoms. The molecule has 2 aliphatic rings. The monoisotopic (exact) mass is 562 g/mol. The van der Waals surface area contributed by atoms with E-state index in [1.165, 1.54) is 0 Å². The van der Waals surface area contributed by atoms with Crippen molar-refractivity contribution >= 4 is 40.2 Å². The molecule has 9 heteroatoms. The van der Waals surface area contributed by atoms with Crippen LogP contribution in [0.25, 0.3) is 0 Å². The van der Waals surface area contributed by atoms with Crippen molar-refractivity contribution in [1.29, 1.82) is 5.26 Å². The van der Waals surface area contributed by atoms with Crippen LogP contribution >= 0.6 is 22.6 Å². The minimum Gasteiger partial charge on any atom is -0.379 e. The number of nitrogens with one attached hydrogen (secondary N) is 2. The quantitative estimate of drug-likeness (QED) is 0.548. The smallest absolute Gasteiger partial charge is 0.319 e. The van der Waals surface area contributed by atoms with Crippen LogP contribution < -0.4 is 10.6 Å². The first-order chi connectivity index (χ1) is 15.9. The van der Waals surface area contributed by atoms with Crippen molar-refractivity contribution < 1.29 is 18.7 Å². The number of carbonyl (C=O) groups excluding carboxylic acids is 2. The number of urea groups is 1. The second kappa shape index (κ2) is 10.1. The maximum atomic E-state index is 15.5. The van der Waals surface area contributed by atoms with Crippen LogP contribution in [0.5, 0.6) is 0 Å². The van der Waals surface area contributed by atoms with Crippen LogP contribution in [0, 0.1) is 14.9 Å². The van der Waals surface area contributed by atoms with Gasteiger partial charge < -0.3 is 20.3 Å². The number of halogens is 2. The third-order valence-corrected chi connectivity index (χ3v) is 7.04. The highest BCUT2D eigenvalue weighted by molar-refractivity contribution is 14.1. The molecule has 3 amide bonds. The number of nitriles is 1. The van der Waals surface area contributed by atoms with E-state index in [0.29, 0.717) is 35.6 Å². The third-order valence-electron chi connectivity index (χ3n) is 6.10. The van der Waals surface area contributed by atoms with Crippen molar-refractivity contribution in [3.63, 3.8) is 0 Å². The Morgan fingerprint density at radius 3 is 2.55 bits per heavy atom. The Morgan fingerprint density at radius 2 is 1.91 bits per heavy atom. The fourth-order valence-corrected chi connectivity index (χ4v) is 4.60. The molecule has 2 aromatic carbocycles. The van der Waals surface area contributed by atoms with E-state index in [-0.39, 0.29) is 43.9 Å². The van der Waals surface area contributed by atoms with E-state index in [0.717, 1.165) is 9.99 Å². The van der Waals surface area contributed by atoms with Crippen molar-refractivity contribution in [3.8, 4) is 6.07 Å². The summed E-state index contributed by atoms with van der Waals surface area (Å²) in [5.41, 5.74) is 0.495. The Kier molecular flexibility index (Phi) is 7.14. The molecule has 0 saturated carbocycles. The second-order valence-electron chi connectivity index (χ2n) is 8.30. The molecule has 4 rings (SSSR count). The first-order valence-electron chi connectivity index (χ1n) is 10.8. The van der Waals surface area contributed by atoms with Gasteiger partial charge in [-0.3, -0.25) is 4.79 Å². The number of rotatable bonds is 4. The van der Waals surface area contributed by atoms with Crippen molar-refractivity contribution in [2.75, 3.05) is 31.6 Å². The first kappa shape index (κ1) is 23.4. The van der Waals surface area contributed by atoms with Gasteiger partial charge in [0.1, 0.15) is 5.67 Å². The van der Waals surface area contributed by atoms with Gasteiger partial charge in [0.2, 0.25) is 0 Å². The van der Waals surface area contributed by atoms with Crippen molar-refractivity contribution in [1.82, 2.24) is 10.2 Å². The van der Waals surface area contributed by atoms with Gasteiger partial charge in [0.25, 0.3) is 5.91 Å². The van der Waals surface area contributed by atoms with E-state index in [1.54, 1.807) is 47.4 Å². The minimum absolute atomic E-state index is 0.0158. The SMILES string of the molecule is N#Cc1ccc(C2(F)CCN(C(=O)c3ccc(I)c(NC(=O)N[C@@H]4CCOC4)c3)CC2)cc1. The molecule has 7 nitrogen and oxygen atoms in total. The summed E-state index contributed by atoms with van der Waals surface area (Å²) in [7, 11) is 0. The number of alkyl halides is 1. The van der Waals surface area contributed by atoms with Gasteiger partial charge in [0.05, 0.1) is 30.0 Å². The van der Waals surface area contributed by atoms with Crippen molar-refractivity contribution in [2.24, 2.45) is 0 Å². The van der Waals surface area contributed by atoms with E-state index in [9.17, 15) is 9.59 Å². The molecule has 2 fully saturated rings. The van der Waals surface area contributed by atoms with Gasteiger partial charge in [-0.25, -0.2) is 9.18 Å². The van der Waals surface area contributed by atoms with Crippen molar-refractivity contribution in [3.05, 3.63) is 62.7 Å². The van der Waals surface area contributed by atoms with Gasteiger partial charge >= 0.3 is 6.03 Å². The minimum atomic E-state index is -1.52. The zero-order valence-electron chi connectivity index (χ0n) is 17.9. The Bertz CT molecular complexity index is 1070. The van der Waals surface area contributed by atoms with Crippen LogP contribution in [-0.2, 0) is 10.4 Å². The molecule has 2 heterocycles. The summed E-state index contributed by atoms with van der Waals surface area (Å²) in [6.07, 6.45) is 1.15. The van der Waals surface area contributed by atoms with Gasteiger partial charge in [0, 0.05) is 41.7 Å². The van der Waals surface area contributed by atoms with E-state index < -0.39 is 5.67 Å². The Morgan fingerprint density at radius 1 is 1.18 bits per heavy atom. The van der Waals surface area contributed by atoms with E-state index in [1.807, 2.05) is 6.07 Å². The number of hydrogen-bond donors (Lipinski definition) is 2. The molecule has 2 N–H and O–H groups in total. The number of anilines is 1. The topological polar surface area (TPSA) is 94.5 Å². The average molecular weight is 562 g/mol. The largest absolute Gasteiger partial charge is 0.379 e. The molecule has 0 aromatic heterocycles. The van der Waals surface area contributed by atoms with Crippen LogP contribution in [0.1, 0.15) is 40.7 Å². The predicted molar refractivity (Wildman–Crippen MR) is 130 cm³/mol. The van der Waals surface area contributed by atoms with Gasteiger partial charge in [0.15, 0.2) is 0 Å². The fourth-order valence-electron chi connectivity index (χ4n) is 4.13. The maximum Gasteiger partial charge on any atom is 0.319 e. The Labute approximate surface area is 205 Å². The fraction of sp³-hybridized carbons (Fsp3) is 0.375. The molecular weight excluding hydrogens is 538 g/mol. The number of likely N-dealkylation sites (tertiary alicyclic amines) is 1. The summed E-state index contributed by atoms with van der Waals surface area (Å²) in [5, 5.41) is 14.6. The second-order valence-corrected chi connectivity index (χ2v) is 9.46. The molecular formula is C24H24FIN4O3. The molecule has 2 aliphatic heterocycles. The lowest BCUT2D eigenvalue weighted by molar-refractivity contribution is 0.0421. The lowest BCUT2D eigenvalue weighted by atomic mass is 9.85. The molecule has 1 atom stereocenters. The number of benzene rings is 2. The molecule has 0 radical (unpaired) electrons. The number of amides is 3. The maximum absolute atomic E-state index is 15.5. The summed E-state index contributed by atoms with van der Waals surface area (Å²) in [6.45, 7) is 1.70. The summed E-state index contributed by atoms with van der Waals surface area (Å²) < 4.78 is 21.6.